The van der Waals surface area contributed by atoms with Crippen LogP contribution in [0.25, 0.3) is 11.3 Å². The Morgan fingerprint density at radius 1 is 1.21 bits per heavy atom. The zero-order chi connectivity index (χ0) is 16.7. The Balaban J connectivity index is 1.59. The van der Waals surface area contributed by atoms with Crippen LogP contribution in [0, 0.1) is 11.6 Å². The number of halogens is 2. The maximum Gasteiger partial charge on any atom is 0.255 e. The van der Waals surface area contributed by atoms with Gasteiger partial charge in [0.1, 0.15) is 11.6 Å². The molecule has 0 spiro atoms. The van der Waals surface area contributed by atoms with Crippen LogP contribution in [0.4, 0.5) is 8.78 Å². The Hall–Kier alpha value is -2.54. The van der Waals surface area contributed by atoms with Gasteiger partial charge < -0.3 is 5.32 Å². The molecule has 0 fully saturated rings. The molecular formula is C17H13F2N3OS. The van der Waals surface area contributed by atoms with Crippen LogP contribution in [0.15, 0.2) is 35.2 Å². The van der Waals surface area contributed by atoms with Gasteiger partial charge in [-0.3, -0.25) is 9.89 Å². The molecule has 0 radical (unpaired) electrons. The summed E-state index contributed by atoms with van der Waals surface area (Å²) in [6, 6.07) is 3.57. The molecule has 3 aromatic rings. The average Bonchev–Trinajstić information content (AvgIpc) is 3.22. The lowest BCUT2D eigenvalue weighted by Crippen LogP contribution is -2.35. The van der Waals surface area contributed by atoms with Gasteiger partial charge in [-0.2, -0.15) is 16.4 Å². The van der Waals surface area contributed by atoms with Crippen molar-refractivity contribution in [1.29, 1.82) is 0 Å². The summed E-state index contributed by atoms with van der Waals surface area (Å²) in [7, 11) is 0. The van der Waals surface area contributed by atoms with Crippen molar-refractivity contribution in [2.24, 2.45) is 0 Å². The molecule has 0 aliphatic heterocycles. The van der Waals surface area contributed by atoms with Crippen LogP contribution in [0.1, 0.15) is 21.5 Å². The Morgan fingerprint density at radius 2 is 1.88 bits per heavy atom. The van der Waals surface area contributed by atoms with Crippen LogP contribution in [0.3, 0.4) is 0 Å². The summed E-state index contributed by atoms with van der Waals surface area (Å²) < 4.78 is 28.0. The van der Waals surface area contributed by atoms with Gasteiger partial charge in [0.05, 0.1) is 23.0 Å². The highest BCUT2D eigenvalue weighted by Crippen LogP contribution is 2.28. The third kappa shape index (κ3) is 2.50. The van der Waals surface area contributed by atoms with Crippen LogP contribution >= 0.6 is 11.3 Å². The monoisotopic (exact) mass is 345 g/mol. The molecule has 0 atom stereocenters. The number of carbonyl (C=O) groups excluding carboxylic acids is 1. The Kier molecular flexibility index (Phi) is 3.65. The number of nitrogens with zero attached hydrogens (tertiary/aromatic N) is 1. The number of aromatic amines is 1. The molecule has 0 saturated carbocycles. The molecule has 122 valence electrons. The van der Waals surface area contributed by atoms with Gasteiger partial charge in [-0.15, -0.1) is 0 Å². The largest absolute Gasteiger partial charge is 0.349 e. The van der Waals surface area contributed by atoms with E-state index in [4.69, 9.17) is 0 Å². The molecule has 1 aliphatic rings. The molecule has 2 heterocycles. The Morgan fingerprint density at radius 3 is 2.54 bits per heavy atom. The van der Waals surface area contributed by atoms with Crippen LogP contribution in [0.2, 0.25) is 0 Å². The average molecular weight is 345 g/mol. The number of hydrogen-bond acceptors (Lipinski definition) is 3. The molecule has 1 amide bonds. The van der Waals surface area contributed by atoms with E-state index in [2.05, 4.69) is 26.3 Å². The number of hydrogen-bond donors (Lipinski definition) is 2. The predicted molar refractivity (Wildman–Crippen MR) is 86.9 cm³/mol. The molecular weight excluding hydrogens is 332 g/mol. The van der Waals surface area contributed by atoms with Crippen molar-refractivity contribution in [2.75, 3.05) is 0 Å². The number of nitrogens with one attached hydrogen (secondary N) is 2. The topological polar surface area (TPSA) is 57.8 Å². The third-order valence-electron chi connectivity index (χ3n) is 4.20. The minimum atomic E-state index is -0.740. The first-order valence-corrected chi connectivity index (χ1v) is 8.40. The van der Waals surface area contributed by atoms with Gasteiger partial charge in [0.2, 0.25) is 0 Å². The van der Waals surface area contributed by atoms with Crippen LogP contribution < -0.4 is 5.32 Å². The van der Waals surface area contributed by atoms with E-state index in [-0.39, 0.29) is 28.8 Å². The van der Waals surface area contributed by atoms with E-state index in [0.29, 0.717) is 0 Å². The zero-order valence-electron chi connectivity index (χ0n) is 12.5. The minimum Gasteiger partial charge on any atom is -0.349 e. The van der Waals surface area contributed by atoms with Crippen molar-refractivity contribution in [1.82, 2.24) is 15.5 Å². The second kappa shape index (κ2) is 5.83. The maximum atomic E-state index is 14.0. The van der Waals surface area contributed by atoms with E-state index in [1.807, 2.05) is 0 Å². The normalized spacial score (nSPS) is 13.9. The molecule has 24 heavy (non-hydrogen) atoms. The molecule has 1 aromatic carbocycles. The molecule has 4 rings (SSSR count). The Labute approximate surface area is 140 Å². The van der Waals surface area contributed by atoms with Gasteiger partial charge in [-0.1, -0.05) is 6.07 Å². The maximum absolute atomic E-state index is 14.0. The van der Waals surface area contributed by atoms with E-state index >= 15 is 0 Å². The quantitative estimate of drug-likeness (QED) is 0.765. The summed E-state index contributed by atoms with van der Waals surface area (Å²) in [5.41, 5.74) is 2.41. The summed E-state index contributed by atoms with van der Waals surface area (Å²) in [6.07, 6.45) is 2.83. The van der Waals surface area contributed by atoms with E-state index in [0.717, 1.165) is 25.0 Å². The highest BCUT2D eigenvalue weighted by Gasteiger charge is 2.26. The summed E-state index contributed by atoms with van der Waals surface area (Å²) in [5, 5.41) is 13.4. The van der Waals surface area contributed by atoms with Crippen molar-refractivity contribution >= 4 is 17.2 Å². The lowest BCUT2D eigenvalue weighted by molar-refractivity contribution is 0.0939. The van der Waals surface area contributed by atoms with Gasteiger partial charge in [0, 0.05) is 6.04 Å². The van der Waals surface area contributed by atoms with Crippen molar-refractivity contribution in [3.05, 3.63) is 63.5 Å². The SMILES string of the molecule is O=C(NC1Cc2cscc2C1)c1cn[nH]c1-c1c(F)cccc1F. The van der Waals surface area contributed by atoms with Crippen LogP contribution in [0.5, 0.6) is 0 Å². The standard InChI is InChI=1S/C17H13F2N3OS/c18-13-2-1-3-14(19)15(13)16-12(6-20-22-16)17(23)21-11-4-9-7-24-8-10(9)5-11/h1-3,6-8,11H,4-5H2,(H,20,22)(H,21,23). The number of carbonyl (C=O) groups is 1. The van der Waals surface area contributed by atoms with E-state index < -0.39 is 11.6 Å². The van der Waals surface area contributed by atoms with Crippen molar-refractivity contribution < 1.29 is 13.6 Å². The summed E-state index contributed by atoms with van der Waals surface area (Å²) in [4.78, 5) is 12.5. The first-order valence-electron chi connectivity index (χ1n) is 7.46. The summed E-state index contributed by atoms with van der Waals surface area (Å²) >= 11 is 1.65. The molecule has 7 heteroatoms. The molecule has 2 aromatic heterocycles. The number of H-pyrrole nitrogens is 1. The predicted octanol–water partition coefficient (Wildman–Crippen LogP) is 3.31. The molecule has 0 bridgehead atoms. The first-order chi connectivity index (χ1) is 11.6. The van der Waals surface area contributed by atoms with E-state index in [1.165, 1.54) is 23.4 Å². The van der Waals surface area contributed by atoms with Crippen molar-refractivity contribution in [3.8, 4) is 11.3 Å². The minimum absolute atomic E-state index is 0.0101. The molecule has 1 aliphatic carbocycles. The lowest BCUT2D eigenvalue weighted by Gasteiger charge is -2.12. The fourth-order valence-corrected chi connectivity index (χ4v) is 3.95. The fourth-order valence-electron chi connectivity index (χ4n) is 3.06. The molecule has 4 nitrogen and oxygen atoms in total. The lowest BCUT2D eigenvalue weighted by atomic mass is 10.1. The van der Waals surface area contributed by atoms with Gasteiger partial charge in [0.15, 0.2) is 0 Å². The van der Waals surface area contributed by atoms with Crippen molar-refractivity contribution in [2.45, 2.75) is 18.9 Å². The highest BCUT2D eigenvalue weighted by atomic mass is 32.1. The highest BCUT2D eigenvalue weighted by molar-refractivity contribution is 7.08. The number of thiophene rings is 1. The summed E-state index contributed by atoms with van der Waals surface area (Å²) in [5.74, 6) is -1.87. The van der Waals surface area contributed by atoms with Gasteiger partial charge in [-0.25, -0.2) is 8.78 Å². The molecule has 0 saturated heterocycles. The van der Waals surface area contributed by atoms with Crippen LogP contribution in [-0.2, 0) is 12.8 Å². The Bertz CT molecular complexity index is 877. The number of benzene rings is 1. The van der Waals surface area contributed by atoms with Gasteiger partial charge >= 0.3 is 0 Å². The second-order valence-electron chi connectivity index (χ2n) is 5.76. The van der Waals surface area contributed by atoms with E-state index in [9.17, 15) is 13.6 Å². The number of amides is 1. The van der Waals surface area contributed by atoms with Gasteiger partial charge in [0.25, 0.3) is 5.91 Å². The molecule has 0 unspecified atom stereocenters. The number of rotatable bonds is 3. The van der Waals surface area contributed by atoms with Crippen molar-refractivity contribution in [3.63, 3.8) is 0 Å². The fraction of sp³-hybridized carbons (Fsp3) is 0.176. The number of fused-ring (bicyclic) bond motifs is 1. The van der Waals surface area contributed by atoms with Crippen LogP contribution in [-0.4, -0.2) is 22.1 Å². The van der Waals surface area contributed by atoms with E-state index in [1.54, 1.807) is 11.3 Å². The third-order valence-corrected chi connectivity index (χ3v) is 5.04. The zero-order valence-corrected chi connectivity index (χ0v) is 13.3. The smallest absolute Gasteiger partial charge is 0.255 e. The van der Waals surface area contributed by atoms with Gasteiger partial charge in [-0.05, 0) is 46.9 Å². The first kappa shape index (κ1) is 15.0. The summed E-state index contributed by atoms with van der Waals surface area (Å²) in [6.45, 7) is 0. The second-order valence-corrected chi connectivity index (χ2v) is 6.50. The molecule has 2 N–H and O–H groups in total. The number of aromatic nitrogens is 2.